The molecule has 2 rings (SSSR count). The molecule has 0 saturated heterocycles. The normalized spacial score (nSPS) is 10.7. The van der Waals surface area contributed by atoms with Gasteiger partial charge in [-0.2, -0.15) is 5.10 Å². The summed E-state index contributed by atoms with van der Waals surface area (Å²) < 4.78 is 2.07. The summed E-state index contributed by atoms with van der Waals surface area (Å²) in [6, 6.07) is 8.58. The quantitative estimate of drug-likeness (QED) is 0.694. The second-order valence-corrected chi connectivity index (χ2v) is 6.92. The zero-order valence-electron chi connectivity index (χ0n) is 16.4. The molecule has 1 amide bonds. The lowest BCUT2D eigenvalue weighted by molar-refractivity contribution is -0.123. The van der Waals surface area contributed by atoms with E-state index in [9.17, 15) is 4.79 Å². The Morgan fingerprint density at radius 3 is 2.38 bits per heavy atom. The van der Waals surface area contributed by atoms with Crippen molar-refractivity contribution in [2.45, 2.75) is 47.7 Å². The van der Waals surface area contributed by atoms with Gasteiger partial charge in [-0.3, -0.25) is 9.48 Å². The smallest absolute Gasteiger partial charge is 0.222 e. The fraction of sp³-hybridized carbons (Fsp3) is 0.500. The van der Waals surface area contributed by atoms with Crippen LogP contribution in [-0.2, 0) is 17.9 Å². The molecule has 0 bridgehead atoms. The fourth-order valence-corrected chi connectivity index (χ4v) is 2.70. The third-order valence-corrected chi connectivity index (χ3v) is 4.41. The highest BCUT2D eigenvalue weighted by atomic mass is 35.5. The summed E-state index contributed by atoms with van der Waals surface area (Å²) >= 11 is 0. The number of halogens is 1. The molecule has 2 N–H and O–H groups in total. The maximum atomic E-state index is 11.5. The zero-order chi connectivity index (χ0) is 18.4. The van der Waals surface area contributed by atoms with E-state index in [0.717, 1.165) is 25.3 Å². The maximum Gasteiger partial charge on any atom is 0.222 e. The van der Waals surface area contributed by atoms with Crippen LogP contribution in [-0.4, -0.2) is 28.8 Å². The van der Waals surface area contributed by atoms with E-state index in [1.165, 1.54) is 22.4 Å². The Balaban J connectivity index is 0.00000338. The Hall–Kier alpha value is -1.85. The third kappa shape index (κ3) is 6.15. The summed E-state index contributed by atoms with van der Waals surface area (Å²) in [6.07, 6.45) is 0. The summed E-state index contributed by atoms with van der Waals surface area (Å²) in [4.78, 5) is 11.5. The molecule has 0 saturated carbocycles. The van der Waals surface area contributed by atoms with Crippen LogP contribution in [0, 0.1) is 26.7 Å². The lowest BCUT2D eigenvalue weighted by Gasteiger charge is -2.09. The van der Waals surface area contributed by atoms with Crippen molar-refractivity contribution in [3.05, 3.63) is 52.3 Å². The third-order valence-electron chi connectivity index (χ3n) is 4.41. The van der Waals surface area contributed by atoms with Crippen LogP contribution in [0.4, 0.5) is 0 Å². The number of amides is 1. The van der Waals surface area contributed by atoms with E-state index < -0.39 is 0 Å². The Labute approximate surface area is 163 Å². The van der Waals surface area contributed by atoms with E-state index >= 15 is 0 Å². The molecule has 0 fully saturated rings. The summed E-state index contributed by atoms with van der Waals surface area (Å²) in [7, 11) is 0. The molecule has 26 heavy (non-hydrogen) atoms. The summed E-state index contributed by atoms with van der Waals surface area (Å²) in [6.45, 7) is 13.0. The number of aromatic nitrogens is 2. The van der Waals surface area contributed by atoms with Crippen LogP contribution in [0.2, 0.25) is 0 Å². The van der Waals surface area contributed by atoms with Gasteiger partial charge < -0.3 is 10.6 Å². The van der Waals surface area contributed by atoms with Crippen molar-refractivity contribution in [2.75, 3.05) is 13.1 Å². The number of nitrogens with one attached hydrogen (secondary N) is 2. The molecule has 0 aliphatic carbocycles. The van der Waals surface area contributed by atoms with Gasteiger partial charge in [0.25, 0.3) is 0 Å². The predicted octanol–water partition coefficient (Wildman–Crippen LogP) is 3.14. The molecule has 2 aromatic rings. The summed E-state index contributed by atoms with van der Waals surface area (Å²) in [5.74, 6) is 0.129. The van der Waals surface area contributed by atoms with E-state index in [0.29, 0.717) is 6.54 Å². The van der Waals surface area contributed by atoms with Gasteiger partial charge in [-0.25, -0.2) is 0 Å². The minimum atomic E-state index is 0. The minimum absolute atomic E-state index is 0. The molecular formula is C20H31ClN4O. The largest absolute Gasteiger partial charge is 0.355 e. The molecule has 0 unspecified atom stereocenters. The number of carbonyl (C=O) groups excluding carboxylic acids is 1. The highest BCUT2D eigenvalue weighted by Crippen LogP contribution is 2.15. The number of hydrogen-bond donors (Lipinski definition) is 2. The Kier molecular flexibility index (Phi) is 8.82. The van der Waals surface area contributed by atoms with E-state index in [-0.39, 0.29) is 24.2 Å². The molecule has 5 nitrogen and oxygen atoms in total. The highest BCUT2D eigenvalue weighted by Gasteiger charge is 2.11. The lowest BCUT2D eigenvalue weighted by Crippen LogP contribution is -2.34. The number of rotatable bonds is 8. The van der Waals surface area contributed by atoms with Crippen molar-refractivity contribution in [1.82, 2.24) is 20.4 Å². The van der Waals surface area contributed by atoms with Gasteiger partial charge in [-0.1, -0.05) is 43.7 Å². The van der Waals surface area contributed by atoms with Crippen molar-refractivity contribution in [2.24, 2.45) is 5.92 Å². The van der Waals surface area contributed by atoms with Gasteiger partial charge in [0.1, 0.15) is 0 Å². The molecule has 0 spiro atoms. The fourth-order valence-electron chi connectivity index (χ4n) is 2.70. The SMILES string of the molecule is Cc1ccc(Cn2nc(C)c(CNCCNC(=O)C(C)C)c2C)cc1.Cl. The summed E-state index contributed by atoms with van der Waals surface area (Å²) in [5, 5.41) is 11.0. The minimum Gasteiger partial charge on any atom is -0.355 e. The maximum absolute atomic E-state index is 11.5. The highest BCUT2D eigenvalue weighted by molar-refractivity contribution is 5.85. The molecule has 0 aliphatic heterocycles. The molecular weight excluding hydrogens is 348 g/mol. The number of hydrogen-bond acceptors (Lipinski definition) is 3. The van der Waals surface area contributed by atoms with Gasteiger partial charge in [0.2, 0.25) is 5.91 Å². The van der Waals surface area contributed by atoms with Crippen molar-refractivity contribution in [1.29, 1.82) is 0 Å². The molecule has 0 aliphatic rings. The van der Waals surface area contributed by atoms with Gasteiger partial charge >= 0.3 is 0 Å². The van der Waals surface area contributed by atoms with Gasteiger partial charge in [0.15, 0.2) is 0 Å². The van der Waals surface area contributed by atoms with Crippen molar-refractivity contribution in [3.8, 4) is 0 Å². The van der Waals surface area contributed by atoms with Gasteiger partial charge in [-0.05, 0) is 26.3 Å². The van der Waals surface area contributed by atoms with Crippen LogP contribution >= 0.6 is 12.4 Å². The first-order valence-electron chi connectivity index (χ1n) is 8.95. The average Bonchev–Trinajstić information content (AvgIpc) is 2.83. The van der Waals surface area contributed by atoms with Crippen LogP contribution in [0.5, 0.6) is 0 Å². The lowest BCUT2D eigenvalue weighted by atomic mass is 10.1. The van der Waals surface area contributed by atoms with Crippen molar-refractivity contribution >= 4 is 18.3 Å². The zero-order valence-corrected chi connectivity index (χ0v) is 17.2. The van der Waals surface area contributed by atoms with Crippen molar-refractivity contribution in [3.63, 3.8) is 0 Å². The standard InChI is InChI=1S/C20H30N4O.ClH/c1-14(2)20(25)22-11-10-21-12-19-16(4)23-24(17(19)5)13-18-8-6-15(3)7-9-18;/h6-9,14,21H,10-13H2,1-5H3,(H,22,25);1H. The van der Waals surface area contributed by atoms with Gasteiger partial charge in [0, 0.05) is 36.8 Å². The van der Waals surface area contributed by atoms with Crippen LogP contribution in [0.3, 0.4) is 0 Å². The molecule has 1 aromatic heterocycles. The first-order valence-corrected chi connectivity index (χ1v) is 8.95. The van der Waals surface area contributed by atoms with Crippen LogP contribution in [0.25, 0.3) is 0 Å². The summed E-state index contributed by atoms with van der Waals surface area (Å²) in [5.41, 5.74) is 6.01. The Bertz CT molecular complexity index is 707. The average molecular weight is 379 g/mol. The van der Waals surface area contributed by atoms with Crippen LogP contribution in [0.1, 0.15) is 41.9 Å². The van der Waals surface area contributed by atoms with Gasteiger partial charge in [-0.15, -0.1) is 12.4 Å². The second-order valence-electron chi connectivity index (χ2n) is 6.92. The Morgan fingerprint density at radius 1 is 1.12 bits per heavy atom. The molecule has 1 heterocycles. The Morgan fingerprint density at radius 2 is 1.77 bits per heavy atom. The van der Waals surface area contributed by atoms with Crippen LogP contribution < -0.4 is 10.6 Å². The van der Waals surface area contributed by atoms with E-state index in [4.69, 9.17) is 0 Å². The number of benzene rings is 1. The molecule has 6 heteroatoms. The van der Waals surface area contributed by atoms with Crippen LogP contribution in [0.15, 0.2) is 24.3 Å². The topological polar surface area (TPSA) is 59.0 Å². The van der Waals surface area contributed by atoms with E-state index in [2.05, 4.69) is 65.5 Å². The number of aryl methyl sites for hydroxylation is 2. The number of carbonyl (C=O) groups is 1. The molecule has 0 atom stereocenters. The monoisotopic (exact) mass is 378 g/mol. The van der Waals surface area contributed by atoms with Crippen molar-refractivity contribution < 1.29 is 4.79 Å². The first-order chi connectivity index (χ1) is 11.9. The molecule has 0 radical (unpaired) electrons. The second kappa shape index (κ2) is 10.3. The van der Waals surface area contributed by atoms with E-state index in [1.807, 2.05) is 13.8 Å². The van der Waals surface area contributed by atoms with E-state index in [1.54, 1.807) is 0 Å². The molecule has 144 valence electrons. The first kappa shape index (κ1) is 22.2. The predicted molar refractivity (Wildman–Crippen MR) is 109 cm³/mol. The number of nitrogens with zero attached hydrogens (tertiary/aromatic N) is 2. The van der Waals surface area contributed by atoms with Gasteiger partial charge in [0.05, 0.1) is 12.2 Å². The molecule has 1 aromatic carbocycles.